The molecule has 1 unspecified atom stereocenters. The van der Waals surface area contributed by atoms with Crippen LogP contribution in [0.5, 0.6) is 5.75 Å². The molecule has 2 heterocycles. The molecule has 1 N–H and O–H groups in total. The van der Waals surface area contributed by atoms with Crippen molar-refractivity contribution in [3.05, 3.63) is 46.3 Å². The van der Waals surface area contributed by atoms with Gasteiger partial charge in [-0.15, -0.1) is 0 Å². The number of aromatic nitrogens is 1. The number of phenolic OH excluding ortho intramolecular Hbond substituents is 1. The SMILES string of the molecule is CC(C)c1cc(C2CCCN2Cc2cc(Cl)ccc2O)no1. The Morgan fingerprint density at radius 3 is 2.95 bits per heavy atom. The van der Waals surface area contributed by atoms with Gasteiger partial charge in [0.25, 0.3) is 0 Å². The van der Waals surface area contributed by atoms with Crippen LogP contribution in [0.3, 0.4) is 0 Å². The van der Waals surface area contributed by atoms with Gasteiger partial charge in [0.2, 0.25) is 0 Å². The summed E-state index contributed by atoms with van der Waals surface area (Å²) in [5, 5.41) is 14.9. The second kappa shape index (κ2) is 6.31. The molecule has 1 saturated heterocycles. The molecule has 1 aliphatic heterocycles. The van der Waals surface area contributed by atoms with E-state index in [9.17, 15) is 5.11 Å². The molecule has 0 radical (unpaired) electrons. The van der Waals surface area contributed by atoms with Gasteiger partial charge in [0.15, 0.2) is 0 Å². The summed E-state index contributed by atoms with van der Waals surface area (Å²) in [4.78, 5) is 2.33. The summed E-state index contributed by atoms with van der Waals surface area (Å²) in [6.07, 6.45) is 2.18. The minimum Gasteiger partial charge on any atom is -0.508 e. The highest BCUT2D eigenvalue weighted by atomic mass is 35.5. The van der Waals surface area contributed by atoms with Crippen LogP contribution >= 0.6 is 11.6 Å². The van der Waals surface area contributed by atoms with Crippen molar-refractivity contribution >= 4 is 11.6 Å². The number of nitrogens with zero attached hydrogens (tertiary/aromatic N) is 2. The third-order valence-electron chi connectivity index (χ3n) is 4.24. The van der Waals surface area contributed by atoms with Crippen molar-refractivity contribution in [2.45, 2.75) is 45.2 Å². The molecular formula is C17H21ClN2O2. The van der Waals surface area contributed by atoms with E-state index in [0.29, 0.717) is 17.5 Å². The fourth-order valence-corrected chi connectivity index (χ4v) is 3.18. The summed E-state index contributed by atoms with van der Waals surface area (Å²) in [5.74, 6) is 1.55. The van der Waals surface area contributed by atoms with E-state index in [2.05, 4.69) is 30.0 Å². The second-order valence-corrected chi connectivity index (χ2v) is 6.65. The van der Waals surface area contributed by atoms with E-state index in [4.69, 9.17) is 16.1 Å². The Kier molecular flexibility index (Phi) is 4.41. The molecule has 2 aromatic rings. The van der Waals surface area contributed by atoms with Gasteiger partial charge in [0.1, 0.15) is 17.2 Å². The van der Waals surface area contributed by atoms with Crippen LogP contribution in [-0.2, 0) is 6.54 Å². The topological polar surface area (TPSA) is 49.5 Å². The van der Waals surface area contributed by atoms with E-state index >= 15 is 0 Å². The maximum Gasteiger partial charge on any atom is 0.139 e. The van der Waals surface area contributed by atoms with E-state index in [-0.39, 0.29) is 11.8 Å². The Morgan fingerprint density at radius 1 is 1.41 bits per heavy atom. The van der Waals surface area contributed by atoms with Gasteiger partial charge in [-0.3, -0.25) is 4.90 Å². The van der Waals surface area contributed by atoms with Gasteiger partial charge in [-0.05, 0) is 37.6 Å². The lowest BCUT2D eigenvalue weighted by Crippen LogP contribution is -2.23. The normalized spacial score (nSPS) is 19.2. The summed E-state index contributed by atoms with van der Waals surface area (Å²) >= 11 is 6.04. The molecule has 0 spiro atoms. The lowest BCUT2D eigenvalue weighted by atomic mass is 10.1. The van der Waals surface area contributed by atoms with Gasteiger partial charge in [-0.2, -0.15) is 0 Å². The monoisotopic (exact) mass is 320 g/mol. The number of hydrogen-bond acceptors (Lipinski definition) is 4. The van der Waals surface area contributed by atoms with Gasteiger partial charge in [-0.1, -0.05) is 30.6 Å². The maximum absolute atomic E-state index is 10.0. The molecule has 3 rings (SSSR count). The zero-order chi connectivity index (χ0) is 15.7. The third kappa shape index (κ3) is 3.13. The Morgan fingerprint density at radius 2 is 2.23 bits per heavy atom. The van der Waals surface area contributed by atoms with Gasteiger partial charge >= 0.3 is 0 Å². The highest BCUT2D eigenvalue weighted by molar-refractivity contribution is 6.30. The van der Waals surface area contributed by atoms with E-state index in [1.54, 1.807) is 12.1 Å². The average molecular weight is 321 g/mol. The molecule has 1 aromatic carbocycles. The molecule has 1 atom stereocenters. The largest absolute Gasteiger partial charge is 0.508 e. The van der Waals surface area contributed by atoms with Crippen molar-refractivity contribution in [1.29, 1.82) is 0 Å². The van der Waals surface area contributed by atoms with E-state index in [1.807, 2.05) is 6.07 Å². The first-order chi connectivity index (χ1) is 10.5. The molecule has 4 nitrogen and oxygen atoms in total. The first kappa shape index (κ1) is 15.4. The van der Waals surface area contributed by atoms with Crippen LogP contribution in [0.1, 0.15) is 55.7 Å². The zero-order valence-electron chi connectivity index (χ0n) is 12.9. The second-order valence-electron chi connectivity index (χ2n) is 6.21. The predicted octanol–water partition coefficient (Wildman–Crippen LogP) is 4.49. The third-order valence-corrected chi connectivity index (χ3v) is 4.47. The number of halogens is 1. The van der Waals surface area contributed by atoms with Crippen LogP contribution in [0, 0.1) is 0 Å². The molecule has 0 aliphatic carbocycles. The number of likely N-dealkylation sites (tertiary alicyclic amines) is 1. The molecule has 22 heavy (non-hydrogen) atoms. The van der Waals surface area contributed by atoms with Crippen LogP contribution in [0.2, 0.25) is 5.02 Å². The number of rotatable bonds is 4. The lowest BCUT2D eigenvalue weighted by Gasteiger charge is -2.23. The molecule has 0 bridgehead atoms. The first-order valence-electron chi connectivity index (χ1n) is 7.72. The number of hydrogen-bond donors (Lipinski definition) is 1. The van der Waals surface area contributed by atoms with E-state index < -0.39 is 0 Å². The van der Waals surface area contributed by atoms with Crippen molar-refractivity contribution in [1.82, 2.24) is 10.1 Å². The van der Waals surface area contributed by atoms with Crippen LogP contribution in [-0.4, -0.2) is 21.7 Å². The summed E-state index contributed by atoms with van der Waals surface area (Å²) < 4.78 is 5.43. The van der Waals surface area contributed by atoms with Crippen LogP contribution < -0.4 is 0 Å². The minimum absolute atomic E-state index is 0.245. The quantitative estimate of drug-likeness (QED) is 0.901. The van der Waals surface area contributed by atoms with Crippen molar-refractivity contribution in [3.8, 4) is 5.75 Å². The highest BCUT2D eigenvalue weighted by Crippen LogP contribution is 2.35. The molecule has 118 valence electrons. The van der Waals surface area contributed by atoms with Gasteiger partial charge < -0.3 is 9.63 Å². The fraction of sp³-hybridized carbons (Fsp3) is 0.471. The van der Waals surface area contributed by atoms with E-state index in [1.165, 1.54) is 0 Å². The summed E-state index contributed by atoms with van der Waals surface area (Å²) in [6, 6.07) is 7.49. The Labute approximate surface area is 135 Å². The lowest BCUT2D eigenvalue weighted by molar-refractivity contribution is 0.233. The van der Waals surface area contributed by atoms with Crippen molar-refractivity contribution in [2.75, 3.05) is 6.54 Å². The van der Waals surface area contributed by atoms with Crippen molar-refractivity contribution < 1.29 is 9.63 Å². The summed E-state index contributed by atoms with van der Waals surface area (Å²) in [6.45, 7) is 5.85. The molecule has 0 amide bonds. The van der Waals surface area contributed by atoms with Crippen molar-refractivity contribution in [2.24, 2.45) is 0 Å². The minimum atomic E-state index is 0.245. The maximum atomic E-state index is 10.0. The zero-order valence-corrected chi connectivity index (χ0v) is 13.7. The number of phenols is 1. The molecule has 1 fully saturated rings. The molecule has 1 aliphatic rings. The van der Waals surface area contributed by atoms with Gasteiger partial charge in [0.05, 0.1) is 6.04 Å². The Hall–Kier alpha value is -1.52. The molecule has 0 saturated carbocycles. The van der Waals surface area contributed by atoms with Crippen LogP contribution in [0.4, 0.5) is 0 Å². The highest BCUT2D eigenvalue weighted by Gasteiger charge is 2.29. The summed E-state index contributed by atoms with van der Waals surface area (Å²) in [7, 11) is 0. The molecule has 1 aromatic heterocycles. The van der Waals surface area contributed by atoms with Gasteiger partial charge in [-0.25, -0.2) is 0 Å². The van der Waals surface area contributed by atoms with Gasteiger partial charge in [0, 0.05) is 29.1 Å². The van der Waals surface area contributed by atoms with Crippen LogP contribution in [0.15, 0.2) is 28.8 Å². The molecular weight excluding hydrogens is 300 g/mol. The standard InChI is InChI=1S/C17H21ClN2O2/c1-11(2)17-9-14(19-22-17)15-4-3-7-20(15)10-12-8-13(18)5-6-16(12)21/h5-6,8-9,11,15,21H,3-4,7,10H2,1-2H3. The van der Waals surface area contributed by atoms with Crippen LogP contribution in [0.25, 0.3) is 0 Å². The number of aromatic hydroxyl groups is 1. The average Bonchev–Trinajstić information content (AvgIpc) is 3.11. The fourth-order valence-electron chi connectivity index (χ4n) is 2.98. The molecule has 5 heteroatoms. The van der Waals surface area contributed by atoms with E-state index in [0.717, 1.165) is 36.4 Å². The number of benzene rings is 1. The Balaban J connectivity index is 1.79. The predicted molar refractivity (Wildman–Crippen MR) is 86.1 cm³/mol. The van der Waals surface area contributed by atoms with Crippen molar-refractivity contribution in [3.63, 3.8) is 0 Å². The smallest absolute Gasteiger partial charge is 0.139 e. The summed E-state index contributed by atoms with van der Waals surface area (Å²) in [5.41, 5.74) is 1.84. The first-order valence-corrected chi connectivity index (χ1v) is 8.10. The Bertz CT molecular complexity index is 654.